The Kier molecular flexibility index (Phi) is 7.64. The molecule has 1 aliphatic carbocycles. The fourth-order valence-electron chi connectivity index (χ4n) is 4.66. The summed E-state index contributed by atoms with van der Waals surface area (Å²) in [5.74, 6) is 6.32. The average Bonchev–Trinajstić information content (AvgIpc) is 3.16. The predicted molar refractivity (Wildman–Crippen MR) is 133 cm³/mol. The van der Waals surface area contributed by atoms with Gasteiger partial charge in [-0.3, -0.25) is 4.57 Å². The summed E-state index contributed by atoms with van der Waals surface area (Å²) in [6.45, 7) is 2.97. The second-order valence-electron chi connectivity index (χ2n) is 8.91. The molecular weight excluding hydrogens is 426 g/mol. The van der Waals surface area contributed by atoms with Gasteiger partial charge in [-0.15, -0.1) is 5.10 Å². The number of carboxylic acid groups (broad SMARTS) is 1. The third kappa shape index (κ3) is 5.48. The number of carboxylic acids is 1. The Balaban J connectivity index is 1.56. The highest BCUT2D eigenvalue weighted by Gasteiger charge is 2.17. The van der Waals surface area contributed by atoms with E-state index in [0.717, 1.165) is 17.5 Å². The smallest absolute Gasteiger partial charge is 0.347 e. The lowest BCUT2D eigenvalue weighted by molar-refractivity contribution is 0.0697. The minimum Gasteiger partial charge on any atom is -0.478 e. The molecule has 1 saturated carbocycles. The lowest BCUT2D eigenvalue weighted by atomic mass is 9.87. The van der Waals surface area contributed by atoms with E-state index in [9.17, 15) is 14.7 Å². The number of carbonyl (C=O) groups is 1. The summed E-state index contributed by atoms with van der Waals surface area (Å²) in [5, 5.41) is 14.0. The van der Waals surface area contributed by atoms with Gasteiger partial charge in [0.15, 0.2) is 0 Å². The van der Waals surface area contributed by atoms with Crippen LogP contribution >= 0.6 is 0 Å². The Morgan fingerprint density at radius 2 is 1.82 bits per heavy atom. The van der Waals surface area contributed by atoms with Gasteiger partial charge < -0.3 is 5.11 Å². The summed E-state index contributed by atoms with van der Waals surface area (Å²) in [4.78, 5) is 24.7. The van der Waals surface area contributed by atoms with E-state index in [1.165, 1.54) is 32.1 Å². The van der Waals surface area contributed by atoms with Crippen LogP contribution in [0.4, 0.5) is 0 Å². The molecule has 0 saturated heterocycles. The molecule has 1 heterocycles. The van der Waals surface area contributed by atoms with Gasteiger partial charge in [0.1, 0.15) is 0 Å². The molecule has 3 aromatic rings. The Labute approximate surface area is 200 Å². The summed E-state index contributed by atoms with van der Waals surface area (Å²) >= 11 is 0. The molecule has 176 valence electrons. The van der Waals surface area contributed by atoms with Gasteiger partial charge in [0.25, 0.3) is 0 Å². The molecule has 0 aliphatic heterocycles. The summed E-state index contributed by atoms with van der Waals surface area (Å²) < 4.78 is 3.22. The van der Waals surface area contributed by atoms with E-state index >= 15 is 0 Å². The average molecular weight is 458 g/mol. The summed E-state index contributed by atoms with van der Waals surface area (Å²) in [6.07, 6.45) is 8.06. The van der Waals surface area contributed by atoms with Crippen LogP contribution in [0.2, 0.25) is 0 Å². The largest absolute Gasteiger partial charge is 0.478 e. The third-order valence-electron chi connectivity index (χ3n) is 6.54. The van der Waals surface area contributed by atoms with Crippen molar-refractivity contribution < 1.29 is 9.90 Å². The molecule has 4 rings (SSSR count). The zero-order valence-corrected chi connectivity index (χ0v) is 19.7. The SMILES string of the molecule is CCC#Cc1nn(CCC2CCCCC2)c(=O)n1Cc1ccc(-c2ccccc2C(=O)O)cc1. The van der Waals surface area contributed by atoms with Crippen LogP contribution in [0.1, 0.15) is 73.6 Å². The fourth-order valence-corrected chi connectivity index (χ4v) is 4.66. The molecule has 6 nitrogen and oxygen atoms in total. The Bertz CT molecular complexity index is 1250. The van der Waals surface area contributed by atoms with E-state index in [-0.39, 0.29) is 11.3 Å². The van der Waals surface area contributed by atoms with Crippen LogP contribution in [-0.4, -0.2) is 25.4 Å². The van der Waals surface area contributed by atoms with E-state index < -0.39 is 5.97 Å². The highest BCUT2D eigenvalue weighted by atomic mass is 16.4. The number of hydrogen-bond acceptors (Lipinski definition) is 3. The standard InChI is InChI=1S/C28H31N3O3/c1-2-3-13-26-29-31(19-18-21-9-5-4-6-10-21)28(34)30(26)20-22-14-16-23(17-15-22)24-11-7-8-12-25(24)27(32)33/h7-8,11-12,14-17,21H,2,4-6,9-10,18-20H2,1H3,(H,32,33). The molecule has 0 radical (unpaired) electrons. The molecular formula is C28H31N3O3. The van der Waals surface area contributed by atoms with Gasteiger partial charge in [-0.25, -0.2) is 14.3 Å². The monoisotopic (exact) mass is 457 g/mol. The highest BCUT2D eigenvalue weighted by molar-refractivity contribution is 5.95. The van der Waals surface area contributed by atoms with Gasteiger partial charge >= 0.3 is 11.7 Å². The molecule has 6 heteroatoms. The predicted octanol–water partition coefficient (Wildman–Crippen LogP) is 5.19. The van der Waals surface area contributed by atoms with Gasteiger partial charge in [0.05, 0.1) is 12.1 Å². The number of aromatic nitrogens is 3. The first-order valence-electron chi connectivity index (χ1n) is 12.1. The van der Waals surface area contributed by atoms with Crippen LogP contribution in [0.15, 0.2) is 53.3 Å². The minimum atomic E-state index is -0.953. The van der Waals surface area contributed by atoms with Crippen molar-refractivity contribution in [3.8, 4) is 23.0 Å². The van der Waals surface area contributed by atoms with Crippen molar-refractivity contribution in [1.29, 1.82) is 0 Å². The molecule has 0 bridgehead atoms. The van der Waals surface area contributed by atoms with Crippen LogP contribution in [0.25, 0.3) is 11.1 Å². The number of aryl methyl sites for hydroxylation is 1. The van der Waals surface area contributed by atoms with E-state index in [4.69, 9.17) is 0 Å². The topological polar surface area (TPSA) is 77.1 Å². The lowest BCUT2D eigenvalue weighted by Gasteiger charge is -2.20. The molecule has 34 heavy (non-hydrogen) atoms. The van der Waals surface area contributed by atoms with Crippen molar-refractivity contribution in [3.05, 3.63) is 76.0 Å². The Hall–Kier alpha value is -3.59. The van der Waals surface area contributed by atoms with Gasteiger partial charge in [-0.1, -0.05) is 87.4 Å². The molecule has 1 N–H and O–H groups in total. The van der Waals surface area contributed by atoms with Crippen molar-refractivity contribution in [3.63, 3.8) is 0 Å². The van der Waals surface area contributed by atoms with Crippen LogP contribution in [0, 0.1) is 17.8 Å². The fraction of sp³-hybridized carbons (Fsp3) is 0.393. The zero-order chi connectivity index (χ0) is 23.9. The molecule has 0 atom stereocenters. The summed E-state index contributed by atoms with van der Waals surface area (Å²) in [5.41, 5.74) is 2.57. The lowest BCUT2D eigenvalue weighted by Crippen LogP contribution is -2.26. The summed E-state index contributed by atoms with van der Waals surface area (Å²) in [6, 6.07) is 14.6. The van der Waals surface area contributed by atoms with Gasteiger partial charge in [-0.05, 0) is 41.0 Å². The van der Waals surface area contributed by atoms with Crippen LogP contribution in [0.3, 0.4) is 0 Å². The molecule has 1 fully saturated rings. The van der Waals surface area contributed by atoms with E-state index in [1.54, 1.807) is 27.4 Å². The van der Waals surface area contributed by atoms with Gasteiger partial charge in [0.2, 0.25) is 5.82 Å². The second kappa shape index (κ2) is 11.0. The Morgan fingerprint density at radius 1 is 1.09 bits per heavy atom. The molecule has 0 amide bonds. The van der Waals surface area contributed by atoms with Gasteiger partial charge in [-0.2, -0.15) is 0 Å². The third-order valence-corrected chi connectivity index (χ3v) is 6.54. The highest BCUT2D eigenvalue weighted by Crippen LogP contribution is 2.27. The first-order chi connectivity index (χ1) is 16.6. The number of rotatable bonds is 7. The Morgan fingerprint density at radius 3 is 2.53 bits per heavy atom. The van der Waals surface area contributed by atoms with Crippen LogP contribution in [-0.2, 0) is 13.1 Å². The molecule has 2 aromatic carbocycles. The molecule has 1 aliphatic rings. The minimum absolute atomic E-state index is 0.128. The van der Waals surface area contributed by atoms with Crippen molar-refractivity contribution in [2.24, 2.45) is 5.92 Å². The molecule has 1 aromatic heterocycles. The van der Waals surface area contributed by atoms with Crippen molar-refractivity contribution in [1.82, 2.24) is 14.3 Å². The van der Waals surface area contributed by atoms with E-state index in [1.807, 2.05) is 37.3 Å². The molecule has 0 spiro atoms. The van der Waals surface area contributed by atoms with Crippen molar-refractivity contribution in [2.45, 2.75) is 65.0 Å². The maximum absolute atomic E-state index is 13.2. The number of nitrogens with zero attached hydrogens (tertiary/aromatic N) is 3. The summed E-state index contributed by atoms with van der Waals surface area (Å²) in [7, 11) is 0. The number of hydrogen-bond donors (Lipinski definition) is 1. The van der Waals surface area contributed by atoms with Crippen molar-refractivity contribution in [2.75, 3.05) is 0 Å². The normalized spacial score (nSPS) is 13.9. The first kappa shape index (κ1) is 23.6. The van der Waals surface area contributed by atoms with E-state index in [0.29, 0.717) is 36.8 Å². The van der Waals surface area contributed by atoms with Gasteiger partial charge in [0, 0.05) is 13.0 Å². The maximum atomic E-state index is 13.2. The second-order valence-corrected chi connectivity index (χ2v) is 8.91. The number of aromatic carboxylic acids is 1. The molecule has 0 unspecified atom stereocenters. The quantitative estimate of drug-likeness (QED) is 0.495. The zero-order valence-electron chi connectivity index (χ0n) is 19.7. The van der Waals surface area contributed by atoms with Crippen molar-refractivity contribution >= 4 is 5.97 Å². The van der Waals surface area contributed by atoms with Crippen LogP contribution in [0.5, 0.6) is 0 Å². The number of benzene rings is 2. The first-order valence-corrected chi connectivity index (χ1v) is 12.1. The maximum Gasteiger partial charge on any atom is 0.347 e. The van der Waals surface area contributed by atoms with E-state index in [2.05, 4.69) is 16.9 Å². The van der Waals surface area contributed by atoms with Crippen LogP contribution < -0.4 is 5.69 Å².